The van der Waals surface area contributed by atoms with Gasteiger partial charge in [-0.2, -0.15) is 11.8 Å². The molecule has 1 aromatic rings. The highest BCUT2D eigenvalue weighted by Crippen LogP contribution is 2.28. The molecule has 0 aliphatic rings. The van der Waals surface area contributed by atoms with Gasteiger partial charge in [-0.05, 0) is 57.8 Å². The van der Waals surface area contributed by atoms with Gasteiger partial charge in [0.05, 0.1) is 12.8 Å². The Labute approximate surface area is 143 Å². The van der Waals surface area contributed by atoms with E-state index in [2.05, 4.69) is 16.9 Å². The molecule has 0 spiro atoms. The number of nitrogens with one attached hydrogen (secondary N) is 2. The fraction of sp³-hybridized carbons (Fsp3) is 0.588. The highest BCUT2D eigenvalue weighted by Gasteiger charge is 2.17. The average Bonchev–Trinajstić information content (AvgIpc) is 2.46. The lowest BCUT2D eigenvalue weighted by atomic mass is 10.2. The van der Waals surface area contributed by atoms with Gasteiger partial charge in [0.15, 0.2) is 0 Å². The number of rotatable bonds is 8. The SMILES string of the molecule is COc1cc(NCCCCSC)ccc1NC(=O)OC(C)(C)C. The Morgan fingerprint density at radius 1 is 1.26 bits per heavy atom. The second kappa shape index (κ2) is 9.55. The van der Waals surface area contributed by atoms with Gasteiger partial charge >= 0.3 is 6.09 Å². The Morgan fingerprint density at radius 2 is 2.00 bits per heavy atom. The number of benzene rings is 1. The smallest absolute Gasteiger partial charge is 0.412 e. The van der Waals surface area contributed by atoms with Crippen LogP contribution in [0.1, 0.15) is 33.6 Å². The van der Waals surface area contributed by atoms with Gasteiger partial charge in [0.1, 0.15) is 11.4 Å². The molecule has 0 aromatic heterocycles. The van der Waals surface area contributed by atoms with E-state index in [1.807, 2.05) is 50.7 Å². The fourth-order valence-electron chi connectivity index (χ4n) is 1.92. The number of amides is 1. The number of ether oxygens (including phenoxy) is 2. The summed E-state index contributed by atoms with van der Waals surface area (Å²) in [6.45, 7) is 6.40. The van der Waals surface area contributed by atoms with E-state index in [4.69, 9.17) is 9.47 Å². The lowest BCUT2D eigenvalue weighted by molar-refractivity contribution is 0.0635. The molecule has 0 bridgehead atoms. The summed E-state index contributed by atoms with van der Waals surface area (Å²) >= 11 is 1.87. The van der Waals surface area contributed by atoms with Crippen LogP contribution in [0.15, 0.2) is 18.2 Å². The van der Waals surface area contributed by atoms with Crippen molar-refractivity contribution in [2.24, 2.45) is 0 Å². The molecule has 1 rings (SSSR count). The van der Waals surface area contributed by atoms with E-state index in [1.165, 1.54) is 12.2 Å². The summed E-state index contributed by atoms with van der Waals surface area (Å²) in [5.74, 6) is 1.79. The molecule has 0 saturated heterocycles. The first kappa shape index (κ1) is 19.5. The maximum absolute atomic E-state index is 11.8. The van der Waals surface area contributed by atoms with Crippen LogP contribution in [0, 0.1) is 0 Å². The first-order valence-electron chi connectivity index (χ1n) is 7.76. The van der Waals surface area contributed by atoms with Crippen molar-refractivity contribution in [2.45, 2.75) is 39.2 Å². The van der Waals surface area contributed by atoms with E-state index in [0.29, 0.717) is 11.4 Å². The van der Waals surface area contributed by atoms with Crippen molar-refractivity contribution in [3.8, 4) is 5.75 Å². The molecule has 1 aromatic carbocycles. The maximum Gasteiger partial charge on any atom is 0.412 e. The van der Waals surface area contributed by atoms with Gasteiger partial charge in [0.25, 0.3) is 0 Å². The van der Waals surface area contributed by atoms with E-state index in [-0.39, 0.29) is 0 Å². The molecule has 6 heteroatoms. The van der Waals surface area contributed by atoms with E-state index in [0.717, 1.165) is 18.7 Å². The first-order chi connectivity index (χ1) is 10.9. The van der Waals surface area contributed by atoms with Crippen LogP contribution in [0.2, 0.25) is 0 Å². The van der Waals surface area contributed by atoms with Gasteiger partial charge in [-0.1, -0.05) is 0 Å². The minimum Gasteiger partial charge on any atom is -0.494 e. The quantitative estimate of drug-likeness (QED) is 0.677. The van der Waals surface area contributed by atoms with Gasteiger partial charge in [0, 0.05) is 18.3 Å². The molecule has 0 aliphatic carbocycles. The summed E-state index contributed by atoms with van der Waals surface area (Å²) in [4.78, 5) is 11.8. The summed E-state index contributed by atoms with van der Waals surface area (Å²) in [6.07, 6.45) is 3.95. The highest BCUT2D eigenvalue weighted by molar-refractivity contribution is 7.98. The van der Waals surface area contributed by atoms with Crippen molar-refractivity contribution in [3.05, 3.63) is 18.2 Å². The van der Waals surface area contributed by atoms with E-state index >= 15 is 0 Å². The molecule has 23 heavy (non-hydrogen) atoms. The van der Waals surface area contributed by atoms with Crippen LogP contribution in [0.3, 0.4) is 0 Å². The lowest BCUT2D eigenvalue weighted by Gasteiger charge is -2.20. The Bertz CT molecular complexity index is 501. The van der Waals surface area contributed by atoms with Gasteiger partial charge in [-0.25, -0.2) is 4.79 Å². The van der Waals surface area contributed by atoms with Crippen LogP contribution < -0.4 is 15.4 Å². The predicted octanol–water partition coefficient (Wildman–Crippen LogP) is 4.60. The van der Waals surface area contributed by atoms with Crippen LogP contribution in [0.25, 0.3) is 0 Å². The Hall–Kier alpha value is -1.56. The van der Waals surface area contributed by atoms with Crippen LogP contribution >= 0.6 is 11.8 Å². The molecule has 0 heterocycles. The third-order valence-electron chi connectivity index (χ3n) is 2.94. The molecule has 0 atom stereocenters. The van der Waals surface area contributed by atoms with Crippen LogP contribution in [-0.2, 0) is 4.74 Å². The highest BCUT2D eigenvalue weighted by atomic mass is 32.2. The summed E-state index contributed by atoms with van der Waals surface area (Å²) in [5, 5.41) is 6.08. The summed E-state index contributed by atoms with van der Waals surface area (Å²) in [5.41, 5.74) is 1.03. The molecule has 5 nitrogen and oxygen atoms in total. The van der Waals surface area contributed by atoms with Crippen LogP contribution in [-0.4, -0.2) is 37.4 Å². The number of hydrogen-bond acceptors (Lipinski definition) is 5. The number of carbonyl (C=O) groups is 1. The maximum atomic E-state index is 11.8. The molecule has 0 radical (unpaired) electrons. The molecular weight excluding hydrogens is 312 g/mol. The van der Waals surface area contributed by atoms with Crippen LogP contribution in [0.5, 0.6) is 5.75 Å². The van der Waals surface area contributed by atoms with E-state index < -0.39 is 11.7 Å². The average molecular weight is 340 g/mol. The summed E-state index contributed by atoms with van der Waals surface area (Å²) in [6, 6.07) is 5.61. The van der Waals surface area contributed by atoms with Crippen LogP contribution in [0.4, 0.5) is 16.2 Å². The zero-order valence-corrected chi connectivity index (χ0v) is 15.5. The van der Waals surface area contributed by atoms with Crippen molar-refractivity contribution >= 4 is 29.2 Å². The van der Waals surface area contributed by atoms with Gasteiger partial charge in [-0.3, -0.25) is 5.32 Å². The van der Waals surface area contributed by atoms with Gasteiger partial charge < -0.3 is 14.8 Å². The monoisotopic (exact) mass is 340 g/mol. The zero-order valence-electron chi connectivity index (χ0n) is 14.7. The van der Waals surface area contributed by atoms with Crippen molar-refractivity contribution in [3.63, 3.8) is 0 Å². The number of hydrogen-bond donors (Lipinski definition) is 2. The molecule has 2 N–H and O–H groups in total. The molecule has 0 fully saturated rings. The third kappa shape index (κ3) is 8.02. The van der Waals surface area contributed by atoms with Crippen molar-refractivity contribution in [1.29, 1.82) is 0 Å². The molecular formula is C17H28N2O3S. The van der Waals surface area contributed by atoms with Gasteiger partial charge in [0.2, 0.25) is 0 Å². The molecule has 130 valence electrons. The molecule has 0 unspecified atom stereocenters. The topological polar surface area (TPSA) is 59.6 Å². The second-order valence-corrected chi connectivity index (χ2v) is 7.15. The standard InChI is InChI=1S/C17H28N2O3S/c1-17(2,3)22-16(20)19-14-9-8-13(12-15(14)21-4)18-10-6-7-11-23-5/h8-9,12,18H,6-7,10-11H2,1-5H3,(H,19,20). The minimum atomic E-state index is -0.532. The van der Waals surface area contributed by atoms with Crippen molar-refractivity contribution in [2.75, 3.05) is 36.3 Å². The fourth-order valence-corrected chi connectivity index (χ4v) is 2.41. The predicted molar refractivity (Wildman–Crippen MR) is 99.0 cm³/mol. The van der Waals surface area contributed by atoms with Gasteiger partial charge in [-0.15, -0.1) is 0 Å². The largest absolute Gasteiger partial charge is 0.494 e. The summed E-state index contributed by atoms with van der Waals surface area (Å²) in [7, 11) is 1.58. The Kier molecular flexibility index (Phi) is 8.09. The molecule has 0 saturated carbocycles. The summed E-state index contributed by atoms with van der Waals surface area (Å²) < 4.78 is 10.6. The molecule has 0 aliphatic heterocycles. The number of anilines is 2. The Morgan fingerprint density at radius 3 is 2.61 bits per heavy atom. The van der Waals surface area contributed by atoms with Crippen molar-refractivity contribution in [1.82, 2.24) is 0 Å². The minimum absolute atomic E-state index is 0.492. The number of thioether (sulfide) groups is 1. The first-order valence-corrected chi connectivity index (χ1v) is 9.16. The molecule has 1 amide bonds. The number of carbonyl (C=O) groups excluding carboxylic acids is 1. The van der Waals surface area contributed by atoms with E-state index in [9.17, 15) is 4.79 Å². The normalized spacial score (nSPS) is 11.0. The van der Waals surface area contributed by atoms with E-state index in [1.54, 1.807) is 7.11 Å². The number of unbranched alkanes of at least 4 members (excludes halogenated alkanes) is 1. The Balaban J connectivity index is 2.60. The number of methoxy groups -OCH3 is 1. The van der Waals surface area contributed by atoms with Crippen molar-refractivity contribution < 1.29 is 14.3 Å². The lowest BCUT2D eigenvalue weighted by Crippen LogP contribution is -2.27. The third-order valence-corrected chi connectivity index (χ3v) is 3.64. The zero-order chi connectivity index (χ0) is 17.3. The second-order valence-electron chi connectivity index (χ2n) is 6.17.